The van der Waals surface area contributed by atoms with E-state index in [0.29, 0.717) is 0 Å². The molecule has 0 aliphatic rings. The maximum Gasteiger partial charge on any atom is 0.307 e. The van der Waals surface area contributed by atoms with Crippen LogP contribution in [0.4, 0.5) is 22.0 Å². The van der Waals surface area contributed by atoms with Crippen LogP contribution < -0.4 is 0 Å². The average molecular weight is 390 g/mol. The number of hydrogen-bond acceptors (Lipinski definition) is 3. The summed E-state index contributed by atoms with van der Waals surface area (Å²) in [6.07, 6.45) is -2.64. The topological polar surface area (TPSA) is 112 Å². The third kappa shape index (κ3) is 4.76. The Morgan fingerprint density at radius 3 is 1.72 bits per heavy atom. The second-order valence-corrected chi connectivity index (χ2v) is 6.49. The SMILES string of the molecule is O=C(O)CCC(C(=O)O)C(Cc1c(F)c(F)c(F)c(F)c1F)[PH](=O)O. The predicted molar refractivity (Wildman–Crippen MR) is 72.9 cm³/mol. The van der Waals surface area contributed by atoms with E-state index in [1.807, 2.05) is 0 Å². The summed E-state index contributed by atoms with van der Waals surface area (Å²) in [6, 6.07) is 0. The third-order valence-electron chi connectivity index (χ3n) is 3.51. The van der Waals surface area contributed by atoms with Crippen LogP contribution in [0, 0.1) is 35.0 Å². The largest absolute Gasteiger partial charge is 0.481 e. The highest BCUT2D eigenvalue weighted by Gasteiger charge is 2.36. The zero-order valence-electron chi connectivity index (χ0n) is 12.2. The van der Waals surface area contributed by atoms with Gasteiger partial charge < -0.3 is 15.1 Å². The smallest absolute Gasteiger partial charge is 0.307 e. The van der Waals surface area contributed by atoms with Gasteiger partial charge in [-0.25, -0.2) is 22.0 Å². The summed E-state index contributed by atoms with van der Waals surface area (Å²) in [4.78, 5) is 31.0. The first-order valence-electron chi connectivity index (χ1n) is 6.66. The van der Waals surface area contributed by atoms with E-state index < -0.39 is 85.5 Å². The van der Waals surface area contributed by atoms with Crippen molar-refractivity contribution in [3.05, 3.63) is 34.6 Å². The zero-order chi connectivity index (χ0) is 19.5. The standard InChI is InChI=1S/C13H12F5O6P/c14-8-5(9(15)11(17)12(18)10(8)16)3-6(25(23)24)4(13(21)22)1-2-7(19)20/h4,6,25H,1-3H2,(H,19,20)(H,21,22)(H,23,24). The highest BCUT2D eigenvalue weighted by Crippen LogP contribution is 2.36. The van der Waals surface area contributed by atoms with Crippen molar-refractivity contribution < 1.29 is 51.2 Å². The molecule has 3 unspecified atom stereocenters. The van der Waals surface area contributed by atoms with Gasteiger partial charge >= 0.3 is 11.9 Å². The van der Waals surface area contributed by atoms with Crippen LogP contribution in [0.1, 0.15) is 18.4 Å². The van der Waals surface area contributed by atoms with Crippen molar-refractivity contribution in [1.82, 2.24) is 0 Å². The summed E-state index contributed by atoms with van der Waals surface area (Å²) in [5, 5.41) is 17.6. The molecule has 1 aromatic rings. The summed E-state index contributed by atoms with van der Waals surface area (Å²) in [5.74, 6) is -16.5. The van der Waals surface area contributed by atoms with Crippen LogP contribution in [0.2, 0.25) is 0 Å². The second kappa shape index (κ2) is 8.39. The highest BCUT2D eigenvalue weighted by atomic mass is 31.1. The number of rotatable bonds is 8. The number of hydrogen-bond donors (Lipinski definition) is 3. The molecular weight excluding hydrogens is 378 g/mol. The Morgan fingerprint density at radius 2 is 1.36 bits per heavy atom. The van der Waals surface area contributed by atoms with Crippen LogP contribution in [-0.4, -0.2) is 32.7 Å². The molecule has 1 aromatic carbocycles. The molecule has 0 fully saturated rings. The Hall–Kier alpha value is -2.00. The molecule has 0 spiro atoms. The molecule has 0 bridgehead atoms. The molecule has 3 N–H and O–H groups in total. The van der Waals surface area contributed by atoms with Crippen molar-refractivity contribution in [1.29, 1.82) is 0 Å². The first-order chi connectivity index (χ1) is 11.5. The lowest BCUT2D eigenvalue weighted by molar-refractivity contribution is -0.143. The molecule has 12 heteroatoms. The average Bonchev–Trinajstić information content (AvgIpc) is 2.52. The Labute approximate surface area is 137 Å². The lowest BCUT2D eigenvalue weighted by Crippen LogP contribution is -2.29. The number of carbonyl (C=O) groups is 2. The summed E-state index contributed by atoms with van der Waals surface area (Å²) < 4.78 is 78.1. The molecule has 0 aliphatic heterocycles. The quantitative estimate of drug-likeness (QED) is 0.272. The minimum Gasteiger partial charge on any atom is -0.481 e. The number of carboxylic acid groups (broad SMARTS) is 2. The molecule has 25 heavy (non-hydrogen) atoms. The van der Waals surface area contributed by atoms with E-state index in [1.165, 1.54) is 0 Å². The minimum atomic E-state index is -3.83. The van der Waals surface area contributed by atoms with E-state index in [4.69, 9.17) is 10.2 Å². The van der Waals surface area contributed by atoms with Gasteiger partial charge in [0, 0.05) is 12.0 Å². The monoisotopic (exact) mass is 390 g/mol. The molecule has 6 nitrogen and oxygen atoms in total. The molecule has 140 valence electrons. The van der Waals surface area contributed by atoms with Crippen molar-refractivity contribution in [3.8, 4) is 0 Å². The van der Waals surface area contributed by atoms with Crippen molar-refractivity contribution >= 4 is 20.0 Å². The van der Waals surface area contributed by atoms with Crippen LogP contribution >= 0.6 is 8.03 Å². The molecule has 1 rings (SSSR count). The van der Waals surface area contributed by atoms with Gasteiger partial charge in [-0.3, -0.25) is 14.2 Å². The fourth-order valence-corrected chi connectivity index (χ4v) is 3.26. The van der Waals surface area contributed by atoms with Crippen LogP contribution in [0.5, 0.6) is 0 Å². The number of aliphatic carboxylic acids is 2. The van der Waals surface area contributed by atoms with Crippen molar-refractivity contribution in [3.63, 3.8) is 0 Å². The van der Waals surface area contributed by atoms with Gasteiger partial charge in [-0.05, 0) is 12.8 Å². The highest BCUT2D eigenvalue weighted by molar-refractivity contribution is 7.39. The molecule has 0 amide bonds. The lowest BCUT2D eigenvalue weighted by atomic mass is 9.93. The normalized spacial score (nSPS) is 14.8. The van der Waals surface area contributed by atoms with Crippen LogP contribution in [0.15, 0.2) is 0 Å². The van der Waals surface area contributed by atoms with Gasteiger partial charge in [0.25, 0.3) is 0 Å². The summed E-state index contributed by atoms with van der Waals surface area (Å²) >= 11 is 0. The van der Waals surface area contributed by atoms with Crippen molar-refractivity contribution in [2.75, 3.05) is 0 Å². The van der Waals surface area contributed by atoms with Gasteiger partial charge in [0.2, 0.25) is 5.82 Å². The first kappa shape index (κ1) is 21.0. The van der Waals surface area contributed by atoms with Gasteiger partial charge in [-0.15, -0.1) is 0 Å². The molecule has 0 radical (unpaired) electrons. The lowest BCUT2D eigenvalue weighted by Gasteiger charge is -2.22. The Morgan fingerprint density at radius 1 is 0.920 bits per heavy atom. The van der Waals surface area contributed by atoms with Gasteiger partial charge in [-0.1, -0.05) is 0 Å². The maximum absolute atomic E-state index is 13.7. The zero-order valence-corrected chi connectivity index (χ0v) is 13.2. The van der Waals surface area contributed by atoms with E-state index >= 15 is 0 Å². The summed E-state index contributed by atoms with van der Waals surface area (Å²) in [7, 11) is -3.83. The van der Waals surface area contributed by atoms with Gasteiger partial charge in [0.1, 0.15) is 0 Å². The van der Waals surface area contributed by atoms with Gasteiger partial charge in [0.05, 0.1) is 11.6 Å². The fraction of sp³-hybridized carbons (Fsp3) is 0.385. The maximum atomic E-state index is 13.7. The van der Waals surface area contributed by atoms with Crippen LogP contribution in [0.3, 0.4) is 0 Å². The molecule has 0 heterocycles. The van der Waals surface area contributed by atoms with Crippen LogP contribution in [-0.2, 0) is 20.6 Å². The Kier molecular flexibility index (Phi) is 7.06. The minimum absolute atomic E-state index is 0.665. The van der Waals surface area contributed by atoms with E-state index in [1.54, 1.807) is 0 Å². The van der Waals surface area contributed by atoms with Crippen molar-refractivity contribution in [2.24, 2.45) is 5.92 Å². The number of benzene rings is 1. The van der Waals surface area contributed by atoms with Gasteiger partial charge in [0.15, 0.2) is 31.3 Å². The molecule has 0 aromatic heterocycles. The van der Waals surface area contributed by atoms with Crippen LogP contribution in [0.25, 0.3) is 0 Å². The Balaban J connectivity index is 3.32. The number of halogens is 5. The molecule has 0 saturated carbocycles. The van der Waals surface area contributed by atoms with E-state index in [-0.39, 0.29) is 0 Å². The molecule has 3 atom stereocenters. The van der Waals surface area contributed by atoms with Gasteiger partial charge in [-0.2, -0.15) is 0 Å². The second-order valence-electron chi connectivity index (χ2n) is 5.07. The summed E-state index contributed by atoms with van der Waals surface area (Å²) in [6.45, 7) is 0. The third-order valence-corrected chi connectivity index (χ3v) is 4.75. The predicted octanol–water partition coefficient (Wildman–Crippen LogP) is 2.33. The molecular formula is C13H12F5O6P. The van der Waals surface area contributed by atoms with E-state index in [2.05, 4.69) is 0 Å². The van der Waals surface area contributed by atoms with E-state index in [0.717, 1.165) is 0 Å². The molecule has 0 aliphatic carbocycles. The summed E-state index contributed by atoms with van der Waals surface area (Å²) in [5.41, 5.74) is -3.36. The fourth-order valence-electron chi connectivity index (χ4n) is 2.23. The Bertz CT molecular complexity index is 696. The number of carboxylic acids is 2. The van der Waals surface area contributed by atoms with E-state index in [9.17, 15) is 41.0 Å². The first-order valence-corrected chi connectivity index (χ1v) is 8.10. The van der Waals surface area contributed by atoms with Crippen molar-refractivity contribution in [2.45, 2.75) is 24.9 Å². The molecule has 0 saturated heterocycles.